The SMILES string of the molecule is COc1ccc(CN(CC(N)=S)C(C)C)cc1F. The molecule has 0 aliphatic rings. The Kier molecular flexibility index (Phi) is 5.50. The van der Waals surface area contributed by atoms with E-state index in [1.165, 1.54) is 13.2 Å². The Labute approximate surface area is 113 Å². The number of methoxy groups -OCH3 is 1. The molecule has 3 nitrogen and oxygen atoms in total. The summed E-state index contributed by atoms with van der Waals surface area (Å²) < 4.78 is 18.5. The normalized spacial score (nSPS) is 11.0. The monoisotopic (exact) mass is 270 g/mol. The maximum Gasteiger partial charge on any atom is 0.165 e. The van der Waals surface area contributed by atoms with Gasteiger partial charge in [0.1, 0.15) is 0 Å². The van der Waals surface area contributed by atoms with Gasteiger partial charge in [0.15, 0.2) is 11.6 Å². The van der Waals surface area contributed by atoms with Gasteiger partial charge in [-0.2, -0.15) is 0 Å². The van der Waals surface area contributed by atoms with Gasteiger partial charge in [-0.1, -0.05) is 18.3 Å². The van der Waals surface area contributed by atoms with Gasteiger partial charge in [-0.25, -0.2) is 4.39 Å². The predicted molar refractivity (Wildman–Crippen MR) is 75.3 cm³/mol. The minimum absolute atomic E-state index is 0.254. The molecule has 100 valence electrons. The Morgan fingerprint density at radius 3 is 2.61 bits per heavy atom. The van der Waals surface area contributed by atoms with E-state index in [0.29, 0.717) is 18.1 Å². The first-order chi connectivity index (χ1) is 8.43. The van der Waals surface area contributed by atoms with Gasteiger partial charge in [0.2, 0.25) is 0 Å². The van der Waals surface area contributed by atoms with Crippen LogP contribution in [0.15, 0.2) is 18.2 Å². The number of rotatable bonds is 6. The van der Waals surface area contributed by atoms with Crippen molar-refractivity contribution in [3.63, 3.8) is 0 Å². The van der Waals surface area contributed by atoms with Crippen LogP contribution in [0.2, 0.25) is 0 Å². The van der Waals surface area contributed by atoms with Crippen molar-refractivity contribution in [2.24, 2.45) is 5.73 Å². The van der Waals surface area contributed by atoms with Crippen molar-refractivity contribution >= 4 is 17.2 Å². The van der Waals surface area contributed by atoms with E-state index in [9.17, 15) is 4.39 Å². The molecular formula is C13H19FN2OS. The summed E-state index contributed by atoms with van der Waals surface area (Å²) in [5.41, 5.74) is 6.43. The number of thiocarbonyl (C=S) groups is 1. The van der Waals surface area contributed by atoms with Crippen molar-refractivity contribution in [1.29, 1.82) is 0 Å². The fourth-order valence-electron chi connectivity index (χ4n) is 1.66. The Balaban J connectivity index is 2.80. The maximum atomic E-state index is 13.6. The smallest absolute Gasteiger partial charge is 0.165 e. The van der Waals surface area contributed by atoms with E-state index >= 15 is 0 Å². The van der Waals surface area contributed by atoms with E-state index < -0.39 is 0 Å². The van der Waals surface area contributed by atoms with Gasteiger partial charge in [0, 0.05) is 19.1 Å². The summed E-state index contributed by atoms with van der Waals surface area (Å²) in [4.78, 5) is 2.53. The highest BCUT2D eigenvalue weighted by atomic mass is 32.1. The van der Waals surface area contributed by atoms with Crippen molar-refractivity contribution < 1.29 is 9.13 Å². The highest BCUT2D eigenvalue weighted by molar-refractivity contribution is 7.80. The topological polar surface area (TPSA) is 38.5 Å². The zero-order valence-corrected chi connectivity index (χ0v) is 11.8. The van der Waals surface area contributed by atoms with Gasteiger partial charge < -0.3 is 10.5 Å². The zero-order valence-electron chi connectivity index (χ0n) is 10.9. The van der Waals surface area contributed by atoms with Crippen molar-refractivity contribution in [2.45, 2.75) is 26.4 Å². The van der Waals surface area contributed by atoms with E-state index in [2.05, 4.69) is 18.7 Å². The Hall–Kier alpha value is -1.20. The molecule has 1 aromatic carbocycles. The van der Waals surface area contributed by atoms with Crippen molar-refractivity contribution in [3.8, 4) is 5.75 Å². The molecule has 0 bridgehead atoms. The molecule has 0 aliphatic heterocycles. The first kappa shape index (κ1) is 14.9. The predicted octanol–water partition coefficient (Wildman–Crippen LogP) is 2.33. The van der Waals surface area contributed by atoms with Crippen molar-refractivity contribution in [2.75, 3.05) is 13.7 Å². The number of halogens is 1. The number of nitrogens with two attached hydrogens (primary N) is 1. The zero-order chi connectivity index (χ0) is 13.7. The van der Waals surface area contributed by atoms with Crippen LogP contribution < -0.4 is 10.5 Å². The molecule has 1 rings (SSSR count). The Morgan fingerprint density at radius 1 is 1.50 bits per heavy atom. The molecule has 0 fully saturated rings. The average molecular weight is 270 g/mol. The molecule has 18 heavy (non-hydrogen) atoms. The second kappa shape index (κ2) is 6.66. The lowest BCUT2D eigenvalue weighted by molar-refractivity contribution is 0.245. The van der Waals surface area contributed by atoms with Crippen LogP contribution in [0.5, 0.6) is 5.75 Å². The van der Waals surface area contributed by atoms with Crippen LogP contribution in [0.1, 0.15) is 19.4 Å². The summed E-state index contributed by atoms with van der Waals surface area (Å²) in [7, 11) is 1.45. The minimum atomic E-state index is -0.353. The third-order valence-electron chi connectivity index (χ3n) is 2.69. The molecule has 2 N–H and O–H groups in total. The quantitative estimate of drug-likeness (QED) is 0.805. The highest BCUT2D eigenvalue weighted by Crippen LogP contribution is 2.19. The minimum Gasteiger partial charge on any atom is -0.494 e. The summed E-state index contributed by atoms with van der Waals surface area (Å²) in [6, 6.07) is 5.24. The molecule has 0 saturated carbocycles. The number of hydrogen-bond donors (Lipinski definition) is 1. The fraction of sp³-hybridized carbons (Fsp3) is 0.462. The first-order valence-corrected chi connectivity index (χ1v) is 6.19. The van der Waals surface area contributed by atoms with Crippen LogP contribution in [0.25, 0.3) is 0 Å². The number of benzene rings is 1. The van der Waals surface area contributed by atoms with Crippen LogP contribution in [-0.2, 0) is 6.54 Å². The lowest BCUT2D eigenvalue weighted by Gasteiger charge is -2.26. The second-order valence-electron chi connectivity index (χ2n) is 4.43. The van der Waals surface area contributed by atoms with Gasteiger partial charge >= 0.3 is 0 Å². The molecule has 0 unspecified atom stereocenters. The van der Waals surface area contributed by atoms with Crippen molar-refractivity contribution in [3.05, 3.63) is 29.6 Å². The van der Waals surface area contributed by atoms with Crippen LogP contribution in [0.4, 0.5) is 4.39 Å². The van der Waals surface area contributed by atoms with Gasteiger partial charge in [0.25, 0.3) is 0 Å². The molecule has 0 saturated heterocycles. The summed E-state index contributed by atoms with van der Waals surface area (Å²) in [5, 5.41) is 0. The largest absolute Gasteiger partial charge is 0.494 e. The summed E-state index contributed by atoms with van der Waals surface area (Å²) >= 11 is 4.91. The van der Waals surface area contributed by atoms with E-state index in [4.69, 9.17) is 22.7 Å². The molecule has 0 spiro atoms. The van der Waals surface area contributed by atoms with E-state index in [0.717, 1.165) is 5.56 Å². The summed E-state index contributed by atoms with van der Waals surface area (Å²) in [6.45, 7) is 5.24. The maximum absolute atomic E-state index is 13.6. The standard InChI is InChI=1S/C13H19FN2OS/c1-9(2)16(8-13(15)18)7-10-4-5-12(17-3)11(14)6-10/h4-6,9H,7-8H2,1-3H3,(H2,15,18). The van der Waals surface area contributed by atoms with Gasteiger partial charge in [0.05, 0.1) is 12.1 Å². The van der Waals surface area contributed by atoms with E-state index in [1.54, 1.807) is 6.07 Å². The first-order valence-electron chi connectivity index (χ1n) is 5.78. The van der Waals surface area contributed by atoms with Gasteiger partial charge in [-0.15, -0.1) is 0 Å². The lowest BCUT2D eigenvalue weighted by atomic mass is 10.1. The fourth-order valence-corrected chi connectivity index (χ4v) is 1.83. The molecule has 5 heteroatoms. The Morgan fingerprint density at radius 2 is 2.17 bits per heavy atom. The molecular weight excluding hydrogens is 251 g/mol. The molecule has 0 atom stereocenters. The number of hydrogen-bond acceptors (Lipinski definition) is 3. The highest BCUT2D eigenvalue weighted by Gasteiger charge is 2.12. The van der Waals surface area contributed by atoms with E-state index in [-0.39, 0.29) is 17.6 Å². The third kappa shape index (κ3) is 4.23. The number of nitrogens with zero attached hydrogens (tertiary/aromatic N) is 1. The van der Waals surface area contributed by atoms with Crippen LogP contribution in [0, 0.1) is 5.82 Å². The number of ether oxygens (including phenoxy) is 1. The Bertz CT molecular complexity index is 423. The molecule has 0 aromatic heterocycles. The summed E-state index contributed by atoms with van der Waals surface area (Å²) in [5.74, 6) is -0.0989. The molecule has 1 aromatic rings. The average Bonchev–Trinajstić information content (AvgIpc) is 2.27. The van der Waals surface area contributed by atoms with Crippen molar-refractivity contribution in [1.82, 2.24) is 4.90 Å². The third-order valence-corrected chi connectivity index (χ3v) is 2.82. The van der Waals surface area contributed by atoms with Crippen LogP contribution in [0.3, 0.4) is 0 Å². The van der Waals surface area contributed by atoms with Gasteiger partial charge in [-0.05, 0) is 31.5 Å². The van der Waals surface area contributed by atoms with Crippen LogP contribution in [-0.4, -0.2) is 29.6 Å². The van der Waals surface area contributed by atoms with Gasteiger partial charge in [-0.3, -0.25) is 4.90 Å². The molecule has 0 aliphatic carbocycles. The summed E-state index contributed by atoms with van der Waals surface area (Å²) in [6.07, 6.45) is 0. The molecule has 0 heterocycles. The molecule has 0 amide bonds. The lowest BCUT2D eigenvalue weighted by Crippen LogP contribution is -2.37. The second-order valence-corrected chi connectivity index (χ2v) is 4.96. The van der Waals surface area contributed by atoms with E-state index in [1.807, 2.05) is 6.07 Å². The molecule has 0 radical (unpaired) electrons. The van der Waals surface area contributed by atoms with Crippen LogP contribution >= 0.6 is 12.2 Å².